The third kappa shape index (κ3) is 3.00. The molecule has 0 radical (unpaired) electrons. The minimum absolute atomic E-state index is 0.0195. The van der Waals surface area contributed by atoms with Crippen LogP contribution in [-0.4, -0.2) is 75.8 Å². The summed E-state index contributed by atoms with van der Waals surface area (Å²) in [6, 6.07) is 3.73. The Morgan fingerprint density at radius 2 is 1.92 bits per heavy atom. The highest BCUT2D eigenvalue weighted by molar-refractivity contribution is 5.89. The van der Waals surface area contributed by atoms with E-state index >= 15 is 0 Å². The number of primary amides is 1. The Kier molecular flexibility index (Phi) is 4.84. The maximum absolute atomic E-state index is 13.3. The quantitative estimate of drug-likeness (QED) is 0.549. The number of ether oxygens (including phenoxy) is 1. The van der Waals surface area contributed by atoms with E-state index in [4.69, 9.17) is 10.5 Å². The van der Waals surface area contributed by atoms with Crippen molar-refractivity contribution in [3.63, 3.8) is 0 Å². The first-order chi connectivity index (χ1) is 17.3. The van der Waals surface area contributed by atoms with Crippen LogP contribution in [0.1, 0.15) is 56.1 Å². The first-order valence-corrected chi connectivity index (χ1v) is 13.6. The molecule has 1 aromatic carbocycles. The number of phenols is 1. The van der Waals surface area contributed by atoms with E-state index in [-0.39, 0.29) is 29.5 Å². The maximum atomic E-state index is 13.3. The second-order valence-corrected chi connectivity index (χ2v) is 12.0. The lowest BCUT2D eigenvalue weighted by molar-refractivity contribution is -0.174. The number of benzene rings is 1. The minimum atomic E-state index is -0.961. The SMILES string of the molecule is NC(=O)C1CCN(C(=O)C=C2CC[C@@]3(O)[C@H]4Cc5ccc(O)c6c5[C@@]3(CCN4CC3CC3)[C@H]2O6)CC1. The van der Waals surface area contributed by atoms with Crippen molar-refractivity contribution in [2.45, 2.75) is 74.5 Å². The molecule has 1 spiro atoms. The van der Waals surface area contributed by atoms with Gasteiger partial charge in [0.15, 0.2) is 11.5 Å². The van der Waals surface area contributed by atoms with Crippen molar-refractivity contribution >= 4 is 11.8 Å². The van der Waals surface area contributed by atoms with Crippen LogP contribution in [0.3, 0.4) is 0 Å². The lowest BCUT2D eigenvalue weighted by atomic mass is 9.48. The third-order valence-corrected chi connectivity index (χ3v) is 10.2. The minimum Gasteiger partial charge on any atom is -0.504 e. The first-order valence-electron chi connectivity index (χ1n) is 13.6. The van der Waals surface area contributed by atoms with Gasteiger partial charge in [-0.1, -0.05) is 6.07 Å². The number of aromatic hydroxyl groups is 1. The fourth-order valence-electron chi connectivity index (χ4n) is 8.12. The van der Waals surface area contributed by atoms with Crippen LogP contribution in [-0.2, 0) is 21.4 Å². The Morgan fingerprint density at radius 1 is 1.14 bits per heavy atom. The molecule has 2 saturated carbocycles. The molecule has 1 aromatic rings. The van der Waals surface area contributed by atoms with Gasteiger partial charge in [0.1, 0.15) is 6.10 Å². The van der Waals surface area contributed by atoms with Gasteiger partial charge in [-0.2, -0.15) is 0 Å². The molecule has 2 saturated heterocycles. The Labute approximate surface area is 211 Å². The van der Waals surface area contributed by atoms with Crippen LogP contribution in [0, 0.1) is 11.8 Å². The number of nitrogens with zero attached hydrogens (tertiary/aromatic N) is 2. The number of carbonyl (C=O) groups excluding carboxylic acids is 2. The van der Waals surface area contributed by atoms with Gasteiger partial charge >= 0.3 is 0 Å². The van der Waals surface area contributed by atoms with Crippen LogP contribution >= 0.6 is 0 Å². The summed E-state index contributed by atoms with van der Waals surface area (Å²) in [7, 11) is 0. The third-order valence-electron chi connectivity index (χ3n) is 10.2. The number of rotatable bonds is 4. The van der Waals surface area contributed by atoms with Crippen LogP contribution in [0.25, 0.3) is 0 Å². The summed E-state index contributed by atoms with van der Waals surface area (Å²) in [6.45, 7) is 2.96. The lowest BCUT2D eigenvalue weighted by Gasteiger charge is -2.63. The van der Waals surface area contributed by atoms with Crippen LogP contribution in [0.15, 0.2) is 23.8 Å². The second-order valence-electron chi connectivity index (χ2n) is 12.0. The van der Waals surface area contributed by atoms with Gasteiger partial charge in [0, 0.05) is 43.2 Å². The van der Waals surface area contributed by atoms with E-state index in [1.54, 1.807) is 17.0 Å². The molecule has 7 rings (SSSR count). The van der Waals surface area contributed by atoms with Crippen LogP contribution < -0.4 is 10.5 Å². The van der Waals surface area contributed by atoms with Crippen molar-refractivity contribution in [1.29, 1.82) is 0 Å². The van der Waals surface area contributed by atoms with Crippen molar-refractivity contribution in [1.82, 2.24) is 9.80 Å². The van der Waals surface area contributed by atoms with Gasteiger partial charge in [-0.25, -0.2) is 0 Å². The summed E-state index contributed by atoms with van der Waals surface area (Å²) in [5, 5.41) is 23.3. The molecule has 2 amide bonds. The van der Waals surface area contributed by atoms with Crippen LogP contribution in [0.4, 0.5) is 0 Å². The van der Waals surface area contributed by atoms with Gasteiger partial charge in [-0.15, -0.1) is 0 Å². The topological polar surface area (TPSA) is 116 Å². The molecule has 4 fully saturated rings. The highest BCUT2D eigenvalue weighted by Crippen LogP contribution is 2.66. The summed E-state index contributed by atoms with van der Waals surface area (Å²) < 4.78 is 6.52. The monoisotopic (exact) mass is 493 g/mol. The van der Waals surface area contributed by atoms with Gasteiger partial charge in [0.05, 0.1) is 11.0 Å². The van der Waals surface area contributed by atoms with Gasteiger partial charge < -0.3 is 25.6 Å². The molecule has 8 heteroatoms. The molecule has 3 aliphatic carbocycles. The largest absolute Gasteiger partial charge is 0.504 e. The highest BCUT2D eigenvalue weighted by atomic mass is 16.5. The number of hydrogen-bond donors (Lipinski definition) is 3. The summed E-state index contributed by atoms with van der Waals surface area (Å²) >= 11 is 0. The molecule has 36 heavy (non-hydrogen) atoms. The van der Waals surface area contributed by atoms with E-state index in [1.165, 1.54) is 12.8 Å². The Bertz CT molecular complexity index is 1170. The first kappa shape index (κ1) is 22.6. The zero-order valence-electron chi connectivity index (χ0n) is 20.6. The van der Waals surface area contributed by atoms with Gasteiger partial charge in [-0.3, -0.25) is 14.5 Å². The zero-order chi connectivity index (χ0) is 24.8. The number of piperidine rings is 2. The Morgan fingerprint density at radius 3 is 2.64 bits per heavy atom. The van der Waals surface area contributed by atoms with E-state index in [0.29, 0.717) is 44.5 Å². The number of aliphatic hydroxyl groups is 1. The van der Waals surface area contributed by atoms with Gasteiger partial charge in [-0.05, 0) is 81.0 Å². The van der Waals surface area contributed by atoms with E-state index < -0.39 is 17.1 Å². The maximum Gasteiger partial charge on any atom is 0.246 e. The smallest absolute Gasteiger partial charge is 0.246 e. The predicted octanol–water partition coefficient (Wildman–Crippen LogP) is 1.61. The van der Waals surface area contributed by atoms with E-state index in [0.717, 1.165) is 48.5 Å². The molecule has 0 aromatic heterocycles. The van der Waals surface area contributed by atoms with E-state index in [2.05, 4.69) is 4.90 Å². The van der Waals surface area contributed by atoms with Crippen molar-refractivity contribution in [2.75, 3.05) is 26.2 Å². The molecule has 4 atom stereocenters. The fourth-order valence-corrected chi connectivity index (χ4v) is 8.12. The molecule has 3 heterocycles. The van der Waals surface area contributed by atoms with Crippen LogP contribution in [0.5, 0.6) is 11.5 Å². The van der Waals surface area contributed by atoms with Crippen molar-refractivity contribution in [3.05, 3.63) is 34.9 Å². The van der Waals surface area contributed by atoms with E-state index in [9.17, 15) is 19.8 Å². The Hall–Kier alpha value is -2.58. The molecular weight excluding hydrogens is 458 g/mol. The number of nitrogens with two attached hydrogens (primary N) is 1. The average Bonchev–Trinajstić information content (AvgIpc) is 3.61. The number of phenolic OH excluding ortho intramolecular Hbond substituents is 1. The summed E-state index contributed by atoms with van der Waals surface area (Å²) in [5.74, 6) is 0.811. The molecule has 4 N–H and O–H groups in total. The molecule has 0 unspecified atom stereocenters. The van der Waals surface area contributed by atoms with Crippen molar-refractivity contribution in [3.8, 4) is 11.5 Å². The summed E-state index contributed by atoms with van der Waals surface area (Å²) in [6.07, 6.45) is 7.66. The summed E-state index contributed by atoms with van der Waals surface area (Å²) in [5.41, 5.74) is 6.88. The average molecular weight is 494 g/mol. The molecule has 192 valence electrons. The van der Waals surface area contributed by atoms with Crippen molar-refractivity contribution < 1.29 is 24.5 Å². The standard InChI is InChI=1S/C28H35N3O5/c29-26(34)17-6-10-30(11-7-17)22(33)14-19-5-8-28(35)21-13-18-3-4-20(32)24-23(18)27(28,25(19)36-24)9-12-31(21)15-16-1-2-16/h3-4,14,16-17,21,25,32,35H,1-2,5-13,15H2,(H2,29,34)/t21-,25+,27+,28-/m1/s1. The lowest BCUT2D eigenvalue weighted by Crippen LogP contribution is -2.75. The fraction of sp³-hybridized carbons (Fsp3) is 0.643. The molecule has 6 aliphatic rings. The van der Waals surface area contributed by atoms with Gasteiger partial charge in [0.2, 0.25) is 11.8 Å². The molecular formula is C28H35N3O5. The predicted molar refractivity (Wildman–Crippen MR) is 131 cm³/mol. The van der Waals surface area contributed by atoms with Crippen molar-refractivity contribution in [2.24, 2.45) is 17.6 Å². The van der Waals surface area contributed by atoms with E-state index in [1.807, 2.05) is 6.07 Å². The number of amides is 2. The number of carbonyl (C=O) groups is 2. The second kappa shape index (κ2) is 7.71. The molecule has 8 nitrogen and oxygen atoms in total. The normalized spacial score (nSPS) is 36.5. The number of likely N-dealkylation sites (tertiary alicyclic amines) is 2. The Balaban J connectivity index is 1.25. The van der Waals surface area contributed by atoms with Crippen LogP contribution in [0.2, 0.25) is 0 Å². The van der Waals surface area contributed by atoms with Gasteiger partial charge in [0.25, 0.3) is 0 Å². The molecule has 3 aliphatic heterocycles. The number of hydrogen-bond acceptors (Lipinski definition) is 6. The molecule has 2 bridgehead atoms. The summed E-state index contributed by atoms with van der Waals surface area (Å²) in [4.78, 5) is 29.2. The highest BCUT2D eigenvalue weighted by Gasteiger charge is 2.72. The zero-order valence-corrected chi connectivity index (χ0v) is 20.6.